The van der Waals surface area contributed by atoms with Gasteiger partial charge in [-0.25, -0.2) is 0 Å². The number of nitrogens with one attached hydrogen (secondary N) is 2. The van der Waals surface area contributed by atoms with Gasteiger partial charge in [-0.3, -0.25) is 9.59 Å². The van der Waals surface area contributed by atoms with Crippen LogP contribution in [0.2, 0.25) is 0 Å². The van der Waals surface area contributed by atoms with Crippen molar-refractivity contribution in [3.05, 3.63) is 65.9 Å². The number of ketones is 1. The first-order valence-corrected chi connectivity index (χ1v) is 6.63. The van der Waals surface area contributed by atoms with Crippen LogP contribution in [-0.4, -0.2) is 16.7 Å². The summed E-state index contributed by atoms with van der Waals surface area (Å²) in [6.07, 6.45) is 1.70. The predicted octanol–water partition coefficient (Wildman–Crippen LogP) is 3.62. The van der Waals surface area contributed by atoms with Gasteiger partial charge in [0.1, 0.15) is 0 Å². The lowest BCUT2D eigenvalue weighted by Gasteiger charge is -2.05. The number of para-hydroxylation sites is 1. The molecule has 3 rings (SSSR count). The second kappa shape index (κ2) is 5.25. The van der Waals surface area contributed by atoms with Gasteiger partial charge in [-0.2, -0.15) is 0 Å². The minimum Gasteiger partial charge on any atom is -0.360 e. The Balaban J connectivity index is 1.84. The van der Waals surface area contributed by atoms with Gasteiger partial charge in [0.25, 0.3) is 5.91 Å². The lowest BCUT2D eigenvalue weighted by Crippen LogP contribution is -2.11. The molecule has 0 saturated carbocycles. The van der Waals surface area contributed by atoms with Crippen molar-refractivity contribution in [1.29, 1.82) is 0 Å². The van der Waals surface area contributed by atoms with Crippen LogP contribution in [0.25, 0.3) is 10.9 Å². The van der Waals surface area contributed by atoms with Crippen molar-refractivity contribution >= 4 is 28.3 Å². The van der Waals surface area contributed by atoms with E-state index in [0.717, 1.165) is 10.9 Å². The van der Waals surface area contributed by atoms with Gasteiger partial charge in [0.2, 0.25) is 0 Å². The number of aromatic nitrogens is 1. The highest BCUT2D eigenvalue weighted by Gasteiger charge is 2.11. The Kier molecular flexibility index (Phi) is 3.28. The molecule has 0 spiro atoms. The number of rotatable bonds is 3. The van der Waals surface area contributed by atoms with Gasteiger partial charge in [-0.15, -0.1) is 0 Å². The van der Waals surface area contributed by atoms with Crippen LogP contribution < -0.4 is 5.32 Å². The molecule has 4 heteroatoms. The van der Waals surface area contributed by atoms with Crippen LogP contribution in [0.15, 0.2) is 54.7 Å². The smallest absolute Gasteiger partial charge is 0.257 e. The van der Waals surface area contributed by atoms with Crippen molar-refractivity contribution in [2.75, 3.05) is 5.32 Å². The van der Waals surface area contributed by atoms with Gasteiger partial charge in [-0.1, -0.05) is 18.2 Å². The van der Waals surface area contributed by atoms with Gasteiger partial charge in [0, 0.05) is 28.4 Å². The van der Waals surface area contributed by atoms with E-state index in [9.17, 15) is 9.59 Å². The standard InChI is InChI=1S/C17H14N2O2/c1-11(20)12-6-8-13(9-7-12)19-17(21)15-10-18-16-5-3-2-4-14(15)16/h2-10,18H,1H3,(H,19,21). The third-order valence-corrected chi connectivity index (χ3v) is 3.38. The molecule has 0 unspecified atom stereocenters. The third-order valence-electron chi connectivity index (χ3n) is 3.38. The lowest BCUT2D eigenvalue weighted by molar-refractivity contribution is 0.101. The molecule has 0 saturated heterocycles. The predicted molar refractivity (Wildman–Crippen MR) is 82.7 cm³/mol. The molecule has 1 amide bonds. The summed E-state index contributed by atoms with van der Waals surface area (Å²) >= 11 is 0. The van der Waals surface area contributed by atoms with Gasteiger partial charge in [-0.05, 0) is 37.3 Å². The highest BCUT2D eigenvalue weighted by atomic mass is 16.1. The quantitative estimate of drug-likeness (QED) is 0.719. The maximum Gasteiger partial charge on any atom is 0.257 e. The van der Waals surface area contributed by atoms with E-state index in [2.05, 4.69) is 10.3 Å². The second-order valence-electron chi connectivity index (χ2n) is 4.84. The molecule has 0 bridgehead atoms. The lowest BCUT2D eigenvalue weighted by atomic mass is 10.1. The Hall–Kier alpha value is -2.88. The van der Waals surface area contributed by atoms with E-state index in [1.54, 1.807) is 30.5 Å². The van der Waals surface area contributed by atoms with Gasteiger partial charge >= 0.3 is 0 Å². The van der Waals surface area contributed by atoms with Crippen molar-refractivity contribution in [1.82, 2.24) is 4.98 Å². The van der Waals surface area contributed by atoms with Crippen LogP contribution in [0, 0.1) is 0 Å². The Morgan fingerprint density at radius 3 is 2.43 bits per heavy atom. The summed E-state index contributed by atoms with van der Waals surface area (Å²) in [6.45, 7) is 1.51. The highest BCUT2D eigenvalue weighted by Crippen LogP contribution is 2.19. The van der Waals surface area contributed by atoms with E-state index >= 15 is 0 Å². The molecule has 1 heterocycles. The van der Waals surface area contributed by atoms with Gasteiger partial charge in [0.15, 0.2) is 5.78 Å². The summed E-state index contributed by atoms with van der Waals surface area (Å²) in [7, 11) is 0. The first kappa shape index (κ1) is 13.1. The zero-order chi connectivity index (χ0) is 14.8. The zero-order valence-corrected chi connectivity index (χ0v) is 11.5. The summed E-state index contributed by atoms with van der Waals surface area (Å²) in [5, 5.41) is 3.72. The maximum atomic E-state index is 12.3. The van der Waals surface area contributed by atoms with Crippen molar-refractivity contribution in [2.45, 2.75) is 6.92 Å². The first-order valence-electron chi connectivity index (χ1n) is 6.63. The molecule has 2 aromatic carbocycles. The Labute approximate surface area is 121 Å². The number of amides is 1. The molecule has 0 atom stereocenters. The number of fused-ring (bicyclic) bond motifs is 1. The largest absolute Gasteiger partial charge is 0.360 e. The normalized spacial score (nSPS) is 10.5. The van der Waals surface area contributed by atoms with E-state index < -0.39 is 0 Å². The molecule has 0 radical (unpaired) electrons. The molecule has 0 aliphatic rings. The Morgan fingerprint density at radius 1 is 1.00 bits per heavy atom. The SMILES string of the molecule is CC(=O)c1ccc(NC(=O)c2c[nH]c3ccccc23)cc1. The van der Waals surface area contributed by atoms with Crippen molar-refractivity contribution in [3.8, 4) is 0 Å². The maximum absolute atomic E-state index is 12.3. The Bertz CT molecular complexity index is 816. The molecule has 0 aliphatic heterocycles. The van der Waals surface area contributed by atoms with E-state index in [4.69, 9.17) is 0 Å². The number of carbonyl (C=O) groups excluding carboxylic acids is 2. The van der Waals surface area contributed by atoms with Crippen LogP contribution in [0.3, 0.4) is 0 Å². The number of anilines is 1. The minimum atomic E-state index is -0.178. The fourth-order valence-electron chi connectivity index (χ4n) is 2.25. The number of benzene rings is 2. The number of hydrogen-bond acceptors (Lipinski definition) is 2. The average molecular weight is 278 g/mol. The molecule has 0 fully saturated rings. The molecule has 21 heavy (non-hydrogen) atoms. The molecular weight excluding hydrogens is 264 g/mol. The van der Waals surface area contributed by atoms with E-state index in [0.29, 0.717) is 16.8 Å². The zero-order valence-electron chi connectivity index (χ0n) is 11.5. The van der Waals surface area contributed by atoms with E-state index in [-0.39, 0.29) is 11.7 Å². The Morgan fingerprint density at radius 2 is 1.71 bits per heavy atom. The summed E-state index contributed by atoms with van der Waals surface area (Å²) < 4.78 is 0. The van der Waals surface area contributed by atoms with Crippen LogP contribution in [0.1, 0.15) is 27.6 Å². The number of hydrogen-bond donors (Lipinski definition) is 2. The molecule has 104 valence electrons. The summed E-state index contributed by atoms with van der Waals surface area (Å²) in [4.78, 5) is 26.6. The first-order chi connectivity index (χ1) is 10.1. The topological polar surface area (TPSA) is 62.0 Å². The highest BCUT2D eigenvalue weighted by molar-refractivity contribution is 6.12. The molecular formula is C17H14N2O2. The summed E-state index contributed by atoms with van der Waals surface area (Å²) in [5.74, 6) is -0.174. The van der Waals surface area contributed by atoms with E-state index in [1.165, 1.54) is 6.92 Å². The van der Waals surface area contributed by atoms with Crippen molar-refractivity contribution < 1.29 is 9.59 Å². The molecule has 3 aromatic rings. The number of H-pyrrole nitrogens is 1. The van der Waals surface area contributed by atoms with E-state index in [1.807, 2.05) is 24.3 Å². The number of carbonyl (C=O) groups is 2. The van der Waals surface area contributed by atoms with Gasteiger partial charge in [0.05, 0.1) is 5.56 Å². The average Bonchev–Trinajstić information content (AvgIpc) is 2.92. The minimum absolute atomic E-state index is 0.00417. The van der Waals surface area contributed by atoms with Crippen LogP contribution in [0.5, 0.6) is 0 Å². The van der Waals surface area contributed by atoms with Crippen LogP contribution in [0.4, 0.5) is 5.69 Å². The molecule has 2 N–H and O–H groups in total. The summed E-state index contributed by atoms with van der Waals surface area (Å²) in [6, 6.07) is 14.5. The van der Waals surface area contributed by atoms with Crippen molar-refractivity contribution in [2.24, 2.45) is 0 Å². The van der Waals surface area contributed by atoms with Gasteiger partial charge < -0.3 is 10.3 Å². The molecule has 1 aromatic heterocycles. The van der Waals surface area contributed by atoms with Crippen LogP contribution in [-0.2, 0) is 0 Å². The number of Topliss-reactive ketones (excluding diaryl/α,β-unsaturated/α-hetero) is 1. The number of aromatic amines is 1. The fourth-order valence-corrected chi connectivity index (χ4v) is 2.25. The molecule has 4 nitrogen and oxygen atoms in total. The second-order valence-corrected chi connectivity index (χ2v) is 4.84. The third kappa shape index (κ3) is 2.56. The van der Waals surface area contributed by atoms with Crippen molar-refractivity contribution in [3.63, 3.8) is 0 Å². The molecule has 0 aliphatic carbocycles. The monoisotopic (exact) mass is 278 g/mol. The fraction of sp³-hybridized carbons (Fsp3) is 0.0588. The summed E-state index contributed by atoms with van der Waals surface area (Å²) in [5.41, 5.74) is 2.81. The van der Waals surface area contributed by atoms with Crippen LogP contribution >= 0.6 is 0 Å².